The number of ether oxygens (including phenoxy) is 3. The highest BCUT2D eigenvalue weighted by Gasteiger charge is 2.14. The molecule has 4 N–H and O–H groups in total. The highest BCUT2D eigenvalue weighted by molar-refractivity contribution is 7.80. The highest BCUT2D eigenvalue weighted by atomic mass is 32.2. The van der Waals surface area contributed by atoms with Crippen molar-refractivity contribution < 1.29 is 23.0 Å². The molecule has 3 rings (SSSR count). The van der Waals surface area contributed by atoms with Crippen LogP contribution in [0.5, 0.6) is 17.2 Å². The fourth-order valence-corrected chi connectivity index (χ4v) is 3.18. The minimum atomic E-state index is -2.20. The number of nitrogens with one attached hydrogen (secondary N) is 3. The van der Waals surface area contributed by atoms with Gasteiger partial charge in [-0.15, -0.1) is 0 Å². The van der Waals surface area contributed by atoms with Gasteiger partial charge in [0.15, 0.2) is 11.5 Å². The van der Waals surface area contributed by atoms with E-state index < -0.39 is 11.3 Å². The van der Waals surface area contributed by atoms with Gasteiger partial charge in [0.1, 0.15) is 5.82 Å². The summed E-state index contributed by atoms with van der Waals surface area (Å²) in [7, 11) is 4.61. The van der Waals surface area contributed by atoms with Gasteiger partial charge in [-0.2, -0.15) is 4.98 Å². The number of aryl methyl sites for hydroxylation is 1. The van der Waals surface area contributed by atoms with Gasteiger partial charge in [-0.25, -0.2) is 9.19 Å². The van der Waals surface area contributed by atoms with Crippen molar-refractivity contribution in [2.45, 2.75) is 6.92 Å². The van der Waals surface area contributed by atoms with E-state index in [9.17, 15) is 4.21 Å². The van der Waals surface area contributed by atoms with E-state index in [2.05, 4.69) is 25.3 Å². The van der Waals surface area contributed by atoms with Crippen molar-refractivity contribution in [1.29, 1.82) is 0 Å². The lowest BCUT2D eigenvalue weighted by molar-refractivity contribution is 0.324. The Labute approximate surface area is 182 Å². The van der Waals surface area contributed by atoms with Gasteiger partial charge in [-0.1, -0.05) is 12.1 Å². The van der Waals surface area contributed by atoms with Crippen molar-refractivity contribution in [3.63, 3.8) is 0 Å². The third kappa shape index (κ3) is 5.32. The Hall–Kier alpha value is -3.57. The van der Waals surface area contributed by atoms with Crippen LogP contribution in [0.2, 0.25) is 0 Å². The third-order valence-electron chi connectivity index (χ3n) is 4.27. The molecule has 0 saturated carbocycles. The third-order valence-corrected chi connectivity index (χ3v) is 4.66. The van der Waals surface area contributed by atoms with Crippen LogP contribution in [0.4, 0.5) is 28.8 Å². The topological polar surface area (TPSA) is 127 Å². The average molecular weight is 446 g/mol. The smallest absolute Gasteiger partial charge is 0.259 e. The van der Waals surface area contributed by atoms with E-state index in [0.29, 0.717) is 46.1 Å². The zero-order valence-electron chi connectivity index (χ0n) is 17.4. The van der Waals surface area contributed by atoms with Crippen molar-refractivity contribution in [3.05, 3.63) is 48.2 Å². The van der Waals surface area contributed by atoms with E-state index >= 15 is 0 Å². The van der Waals surface area contributed by atoms with Crippen LogP contribution in [0.1, 0.15) is 5.56 Å². The summed E-state index contributed by atoms with van der Waals surface area (Å²) in [6, 6.07) is 10.5. The SMILES string of the molecule is COc1cc(Nc2ncc(C)c(Nc3ccccc3NS(=O)O)n2)cc(OC)c1OC. The number of nitrogens with zero attached hydrogens (tertiary/aromatic N) is 2. The lowest BCUT2D eigenvalue weighted by Gasteiger charge is -2.16. The van der Waals surface area contributed by atoms with Gasteiger partial charge in [0.2, 0.25) is 11.7 Å². The minimum Gasteiger partial charge on any atom is -0.493 e. The van der Waals surface area contributed by atoms with Gasteiger partial charge < -0.3 is 24.8 Å². The van der Waals surface area contributed by atoms with Gasteiger partial charge in [-0.05, 0) is 19.1 Å². The summed E-state index contributed by atoms with van der Waals surface area (Å²) in [5.74, 6) is 2.33. The molecule has 0 bridgehead atoms. The van der Waals surface area contributed by atoms with E-state index in [1.54, 1.807) is 42.6 Å². The number of hydrogen-bond acceptors (Lipinski definition) is 8. The van der Waals surface area contributed by atoms with E-state index in [0.717, 1.165) is 5.56 Å². The zero-order chi connectivity index (χ0) is 22.4. The molecule has 0 aliphatic carbocycles. The number of rotatable bonds is 9. The number of aromatic nitrogens is 2. The first-order chi connectivity index (χ1) is 14.9. The second-order valence-corrected chi connectivity index (χ2v) is 6.99. The summed E-state index contributed by atoms with van der Waals surface area (Å²) in [6.45, 7) is 1.85. The van der Waals surface area contributed by atoms with E-state index in [1.165, 1.54) is 21.3 Å². The highest BCUT2D eigenvalue weighted by Crippen LogP contribution is 2.40. The first-order valence-electron chi connectivity index (χ1n) is 9.09. The normalized spacial score (nSPS) is 11.4. The Bertz CT molecular complexity index is 1070. The monoisotopic (exact) mass is 445 g/mol. The summed E-state index contributed by atoms with van der Waals surface area (Å²) in [5, 5.41) is 6.29. The summed E-state index contributed by atoms with van der Waals surface area (Å²) in [4.78, 5) is 8.85. The summed E-state index contributed by atoms with van der Waals surface area (Å²) >= 11 is -2.20. The number of hydrogen-bond donors (Lipinski definition) is 4. The number of methoxy groups -OCH3 is 3. The molecule has 1 atom stereocenters. The van der Waals surface area contributed by atoms with Crippen LogP contribution in [0.3, 0.4) is 0 Å². The van der Waals surface area contributed by atoms with Crippen molar-refractivity contribution in [3.8, 4) is 17.2 Å². The van der Waals surface area contributed by atoms with Gasteiger partial charge in [0.05, 0.1) is 32.7 Å². The predicted octanol–water partition coefficient (Wildman–Crippen LogP) is 3.85. The molecule has 1 unspecified atom stereocenters. The van der Waals surface area contributed by atoms with Crippen LogP contribution < -0.4 is 29.6 Å². The molecule has 164 valence electrons. The molecule has 0 aliphatic heterocycles. The zero-order valence-corrected chi connectivity index (χ0v) is 18.2. The fourth-order valence-electron chi connectivity index (χ4n) is 2.81. The Morgan fingerprint density at radius 2 is 1.61 bits per heavy atom. The minimum absolute atomic E-state index is 0.332. The van der Waals surface area contributed by atoms with Crippen LogP contribution >= 0.6 is 0 Å². The van der Waals surface area contributed by atoms with Gasteiger partial charge >= 0.3 is 0 Å². The molecule has 0 spiro atoms. The molecule has 0 radical (unpaired) electrons. The maximum absolute atomic E-state index is 11.2. The number of benzene rings is 2. The second-order valence-electron chi connectivity index (χ2n) is 6.29. The molecule has 1 heterocycles. The molecule has 1 aromatic heterocycles. The standard InChI is InChI=1S/C20H23N5O5S/c1-12-11-21-20(22-13-9-16(28-2)18(30-4)17(10-13)29-3)24-19(12)23-14-7-5-6-8-15(14)25-31(26)27/h5-11,25H,1-4H3,(H,26,27)(H2,21,22,23,24). The number of para-hydroxylation sites is 2. The Balaban J connectivity index is 1.90. The van der Waals surface area contributed by atoms with Crippen molar-refractivity contribution >= 4 is 40.1 Å². The van der Waals surface area contributed by atoms with Crippen LogP contribution in [0.15, 0.2) is 42.6 Å². The summed E-state index contributed by atoms with van der Waals surface area (Å²) in [5.41, 5.74) is 2.48. The summed E-state index contributed by atoms with van der Waals surface area (Å²) in [6.07, 6.45) is 1.66. The lowest BCUT2D eigenvalue weighted by Crippen LogP contribution is -2.07. The van der Waals surface area contributed by atoms with Crippen LogP contribution in [-0.4, -0.2) is 40.1 Å². The predicted molar refractivity (Wildman–Crippen MR) is 120 cm³/mol. The molecule has 0 fully saturated rings. The largest absolute Gasteiger partial charge is 0.493 e. The van der Waals surface area contributed by atoms with Crippen LogP contribution in [0.25, 0.3) is 0 Å². The van der Waals surface area contributed by atoms with Gasteiger partial charge in [-0.3, -0.25) is 9.27 Å². The van der Waals surface area contributed by atoms with Crippen molar-refractivity contribution in [1.82, 2.24) is 9.97 Å². The second kappa shape index (κ2) is 9.96. The Morgan fingerprint density at radius 1 is 0.968 bits per heavy atom. The first kappa shape index (κ1) is 22.1. The molecular weight excluding hydrogens is 422 g/mol. The van der Waals surface area contributed by atoms with E-state index in [1.807, 2.05) is 6.92 Å². The van der Waals surface area contributed by atoms with Crippen molar-refractivity contribution in [2.75, 3.05) is 36.7 Å². The molecule has 10 nitrogen and oxygen atoms in total. The lowest BCUT2D eigenvalue weighted by atomic mass is 10.2. The van der Waals surface area contributed by atoms with Gasteiger partial charge in [0, 0.05) is 29.6 Å². The molecular formula is C20H23N5O5S. The maximum atomic E-state index is 11.2. The average Bonchev–Trinajstić information content (AvgIpc) is 2.76. The van der Waals surface area contributed by atoms with Crippen LogP contribution in [-0.2, 0) is 11.3 Å². The number of anilines is 5. The van der Waals surface area contributed by atoms with Crippen molar-refractivity contribution in [2.24, 2.45) is 0 Å². The molecule has 0 amide bonds. The Kier molecular flexibility index (Phi) is 7.11. The van der Waals surface area contributed by atoms with E-state index in [4.69, 9.17) is 18.8 Å². The molecule has 2 aromatic carbocycles. The molecule has 0 aliphatic rings. The fraction of sp³-hybridized carbons (Fsp3) is 0.200. The molecule has 11 heteroatoms. The maximum Gasteiger partial charge on any atom is 0.259 e. The quantitative estimate of drug-likeness (QED) is 0.363. The molecule has 3 aromatic rings. The summed E-state index contributed by atoms with van der Waals surface area (Å²) < 4.78 is 38.9. The van der Waals surface area contributed by atoms with Gasteiger partial charge in [0.25, 0.3) is 11.3 Å². The first-order valence-corrected chi connectivity index (χ1v) is 10.2. The van der Waals surface area contributed by atoms with Crippen LogP contribution in [0, 0.1) is 6.92 Å². The molecule has 0 saturated heterocycles. The van der Waals surface area contributed by atoms with E-state index in [-0.39, 0.29) is 0 Å². The molecule has 31 heavy (non-hydrogen) atoms. The Morgan fingerprint density at radius 3 is 2.19 bits per heavy atom.